The summed E-state index contributed by atoms with van der Waals surface area (Å²) in [6.07, 6.45) is 0. The van der Waals surface area contributed by atoms with Crippen molar-refractivity contribution in [2.24, 2.45) is 0 Å². The van der Waals surface area contributed by atoms with Gasteiger partial charge in [0.2, 0.25) is 0 Å². The number of hydrogen-bond acceptors (Lipinski definition) is 5. The molecule has 150 valence electrons. The number of anilines is 2. The van der Waals surface area contributed by atoms with Crippen LogP contribution in [0.3, 0.4) is 0 Å². The summed E-state index contributed by atoms with van der Waals surface area (Å²) >= 11 is 0. The summed E-state index contributed by atoms with van der Waals surface area (Å²) < 4.78 is 15.9. The molecule has 0 heterocycles. The standard InChI is InChI=1S/C23H24N2O4/c1-27-20-13-7-17(8-14-20)15-24-18-9-11-19(12-10-18)25-23(26)16-29-22-6-4-3-5-21(22)28-2/h3-14,24H,15-16H2,1-2H3,(H,25,26). The first-order valence-corrected chi connectivity index (χ1v) is 9.20. The Morgan fingerprint density at radius 3 is 2.10 bits per heavy atom. The van der Waals surface area contributed by atoms with Gasteiger partial charge in [0.05, 0.1) is 14.2 Å². The summed E-state index contributed by atoms with van der Waals surface area (Å²) in [5, 5.41) is 6.16. The van der Waals surface area contributed by atoms with Gasteiger partial charge in [-0.1, -0.05) is 24.3 Å². The van der Waals surface area contributed by atoms with Crippen LogP contribution in [-0.2, 0) is 11.3 Å². The third-order valence-corrected chi connectivity index (χ3v) is 4.25. The van der Waals surface area contributed by atoms with E-state index in [1.54, 1.807) is 26.4 Å². The van der Waals surface area contributed by atoms with Crippen molar-refractivity contribution in [2.75, 3.05) is 31.5 Å². The van der Waals surface area contributed by atoms with Crippen LogP contribution in [0.1, 0.15) is 5.56 Å². The average molecular weight is 392 g/mol. The molecule has 2 N–H and O–H groups in total. The van der Waals surface area contributed by atoms with E-state index in [1.165, 1.54) is 0 Å². The van der Waals surface area contributed by atoms with Gasteiger partial charge < -0.3 is 24.8 Å². The minimum atomic E-state index is -0.241. The summed E-state index contributed by atoms with van der Waals surface area (Å²) in [4.78, 5) is 12.1. The lowest BCUT2D eigenvalue weighted by molar-refractivity contribution is -0.118. The summed E-state index contributed by atoms with van der Waals surface area (Å²) in [5.74, 6) is 1.72. The number of para-hydroxylation sites is 2. The van der Waals surface area contributed by atoms with Crippen LogP contribution in [0.4, 0.5) is 11.4 Å². The molecule has 0 aliphatic heterocycles. The van der Waals surface area contributed by atoms with Crippen LogP contribution in [-0.4, -0.2) is 26.7 Å². The monoisotopic (exact) mass is 392 g/mol. The lowest BCUT2D eigenvalue weighted by Gasteiger charge is -2.11. The number of nitrogens with one attached hydrogen (secondary N) is 2. The van der Waals surface area contributed by atoms with Gasteiger partial charge in [0.25, 0.3) is 5.91 Å². The van der Waals surface area contributed by atoms with E-state index in [0.29, 0.717) is 23.7 Å². The number of ether oxygens (including phenoxy) is 3. The molecule has 0 spiro atoms. The van der Waals surface area contributed by atoms with E-state index < -0.39 is 0 Å². The number of carbonyl (C=O) groups excluding carboxylic acids is 1. The van der Waals surface area contributed by atoms with Crippen LogP contribution in [0.15, 0.2) is 72.8 Å². The minimum absolute atomic E-state index is 0.0994. The average Bonchev–Trinajstić information content (AvgIpc) is 2.77. The highest BCUT2D eigenvalue weighted by Crippen LogP contribution is 2.25. The highest BCUT2D eigenvalue weighted by molar-refractivity contribution is 5.92. The van der Waals surface area contributed by atoms with E-state index in [2.05, 4.69) is 10.6 Å². The number of rotatable bonds is 9. The number of amides is 1. The van der Waals surface area contributed by atoms with Crippen molar-refractivity contribution in [1.82, 2.24) is 0 Å². The molecule has 0 unspecified atom stereocenters. The molecular formula is C23H24N2O4. The molecule has 3 rings (SSSR count). The lowest BCUT2D eigenvalue weighted by atomic mass is 10.2. The van der Waals surface area contributed by atoms with Gasteiger partial charge in [-0.25, -0.2) is 0 Å². The maximum absolute atomic E-state index is 12.1. The molecule has 3 aromatic carbocycles. The zero-order valence-electron chi connectivity index (χ0n) is 16.5. The highest BCUT2D eigenvalue weighted by Gasteiger charge is 2.07. The topological polar surface area (TPSA) is 68.8 Å². The third kappa shape index (κ3) is 5.90. The second kappa shape index (κ2) is 10.0. The van der Waals surface area contributed by atoms with E-state index in [9.17, 15) is 4.79 Å². The second-order valence-corrected chi connectivity index (χ2v) is 6.27. The Hall–Kier alpha value is -3.67. The zero-order valence-corrected chi connectivity index (χ0v) is 16.5. The molecule has 0 saturated carbocycles. The van der Waals surface area contributed by atoms with E-state index in [0.717, 1.165) is 17.0 Å². The van der Waals surface area contributed by atoms with E-state index >= 15 is 0 Å². The van der Waals surface area contributed by atoms with Gasteiger partial charge >= 0.3 is 0 Å². The van der Waals surface area contributed by atoms with Crippen LogP contribution in [0.25, 0.3) is 0 Å². The molecule has 6 heteroatoms. The smallest absolute Gasteiger partial charge is 0.262 e. The fraction of sp³-hybridized carbons (Fsp3) is 0.174. The molecule has 0 fully saturated rings. The Balaban J connectivity index is 1.47. The zero-order chi connectivity index (χ0) is 20.5. The first-order valence-electron chi connectivity index (χ1n) is 9.20. The van der Waals surface area contributed by atoms with Gasteiger partial charge in [0.1, 0.15) is 5.75 Å². The molecule has 1 amide bonds. The predicted molar refractivity (Wildman–Crippen MR) is 114 cm³/mol. The molecular weight excluding hydrogens is 368 g/mol. The first kappa shape index (κ1) is 20.1. The Labute approximate surface area is 170 Å². The van der Waals surface area contributed by atoms with Crippen molar-refractivity contribution in [3.63, 3.8) is 0 Å². The largest absolute Gasteiger partial charge is 0.497 e. The summed E-state index contributed by atoms with van der Waals surface area (Å²) in [7, 11) is 3.21. The Kier molecular flexibility index (Phi) is 6.95. The van der Waals surface area contributed by atoms with Crippen LogP contribution >= 0.6 is 0 Å². The molecule has 0 aliphatic rings. The van der Waals surface area contributed by atoms with E-state index in [-0.39, 0.29) is 12.5 Å². The highest BCUT2D eigenvalue weighted by atomic mass is 16.5. The summed E-state index contributed by atoms with van der Waals surface area (Å²) in [5.41, 5.74) is 2.81. The van der Waals surface area contributed by atoms with Crippen molar-refractivity contribution in [3.8, 4) is 17.2 Å². The molecule has 0 aromatic heterocycles. The van der Waals surface area contributed by atoms with Crippen molar-refractivity contribution in [2.45, 2.75) is 6.54 Å². The van der Waals surface area contributed by atoms with Crippen molar-refractivity contribution < 1.29 is 19.0 Å². The summed E-state index contributed by atoms with van der Waals surface area (Å²) in [6, 6.07) is 22.6. The Morgan fingerprint density at radius 2 is 1.45 bits per heavy atom. The van der Waals surface area contributed by atoms with Gasteiger partial charge in [-0.15, -0.1) is 0 Å². The molecule has 3 aromatic rings. The number of benzene rings is 3. The molecule has 0 aliphatic carbocycles. The minimum Gasteiger partial charge on any atom is -0.497 e. The van der Waals surface area contributed by atoms with Crippen LogP contribution in [0, 0.1) is 0 Å². The van der Waals surface area contributed by atoms with Crippen molar-refractivity contribution in [3.05, 3.63) is 78.4 Å². The second-order valence-electron chi connectivity index (χ2n) is 6.27. The van der Waals surface area contributed by atoms with Crippen molar-refractivity contribution in [1.29, 1.82) is 0 Å². The SMILES string of the molecule is COc1ccc(CNc2ccc(NC(=O)COc3ccccc3OC)cc2)cc1. The van der Waals surface area contributed by atoms with Gasteiger partial charge in [-0.3, -0.25) is 4.79 Å². The van der Waals surface area contributed by atoms with Gasteiger partial charge in [-0.05, 0) is 54.1 Å². The predicted octanol–water partition coefficient (Wildman–Crippen LogP) is 4.33. The quantitative estimate of drug-likeness (QED) is 0.567. The lowest BCUT2D eigenvalue weighted by Crippen LogP contribution is -2.20. The van der Waals surface area contributed by atoms with Gasteiger partial charge in [-0.2, -0.15) is 0 Å². The fourth-order valence-corrected chi connectivity index (χ4v) is 2.70. The fourth-order valence-electron chi connectivity index (χ4n) is 2.70. The van der Waals surface area contributed by atoms with Gasteiger partial charge in [0.15, 0.2) is 18.1 Å². The third-order valence-electron chi connectivity index (χ3n) is 4.25. The number of hydrogen-bond donors (Lipinski definition) is 2. The van der Waals surface area contributed by atoms with Crippen molar-refractivity contribution >= 4 is 17.3 Å². The maximum atomic E-state index is 12.1. The molecule has 0 bridgehead atoms. The Morgan fingerprint density at radius 1 is 0.793 bits per heavy atom. The molecule has 6 nitrogen and oxygen atoms in total. The first-order chi connectivity index (χ1) is 14.2. The number of methoxy groups -OCH3 is 2. The maximum Gasteiger partial charge on any atom is 0.262 e. The van der Waals surface area contributed by atoms with E-state index in [1.807, 2.05) is 60.7 Å². The molecule has 0 atom stereocenters. The number of carbonyl (C=O) groups is 1. The van der Waals surface area contributed by atoms with Crippen LogP contribution in [0.5, 0.6) is 17.2 Å². The van der Waals surface area contributed by atoms with Crippen LogP contribution in [0.2, 0.25) is 0 Å². The Bertz CT molecular complexity index is 924. The summed E-state index contributed by atoms with van der Waals surface area (Å²) in [6.45, 7) is 0.598. The normalized spacial score (nSPS) is 10.1. The van der Waals surface area contributed by atoms with Crippen LogP contribution < -0.4 is 24.8 Å². The molecule has 29 heavy (non-hydrogen) atoms. The molecule has 0 radical (unpaired) electrons. The van der Waals surface area contributed by atoms with E-state index in [4.69, 9.17) is 14.2 Å². The van der Waals surface area contributed by atoms with Gasteiger partial charge in [0, 0.05) is 17.9 Å². The molecule has 0 saturated heterocycles.